The number of aromatic hydroxyl groups is 2. The van der Waals surface area contributed by atoms with Gasteiger partial charge in [0, 0.05) is 17.2 Å². The Hall–Kier alpha value is -4.00. The second kappa shape index (κ2) is 5.51. The minimum atomic E-state index is -1.47. The number of hydrogen-bond donors (Lipinski definition) is 3. The fourth-order valence-corrected chi connectivity index (χ4v) is 4.28. The van der Waals surface area contributed by atoms with Crippen LogP contribution in [0.1, 0.15) is 43.0 Å². The highest BCUT2D eigenvalue weighted by Crippen LogP contribution is 2.58. The molecule has 7 nitrogen and oxygen atoms in total. The molecule has 0 aliphatic carbocycles. The van der Waals surface area contributed by atoms with Crippen LogP contribution in [-0.2, 0) is 10.3 Å². The largest absolute Gasteiger partial charge is 0.508 e. The number of carbonyl (C=O) groups is 2. The van der Waals surface area contributed by atoms with Crippen molar-refractivity contribution in [1.29, 1.82) is 0 Å². The summed E-state index contributed by atoms with van der Waals surface area (Å²) in [4.78, 5) is 24.6. The minimum absolute atomic E-state index is 0.0884. The summed E-state index contributed by atoms with van der Waals surface area (Å²) in [6.45, 7) is 1.74. The lowest BCUT2D eigenvalue weighted by Gasteiger charge is -2.38. The number of aromatic carboxylic acids is 1. The van der Waals surface area contributed by atoms with Crippen LogP contribution in [0.25, 0.3) is 0 Å². The van der Waals surface area contributed by atoms with Crippen LogP contribution in [0, 0.1) is 6.92 Å². The quantitative estimate of drug-likeness (QED) is 0.543. The van der Waals surface area contributed by atoms with Crippen LogP contribution in [0.2, 0.25) is 0 Å². The van der Waals surface area contributed by atoms with Crippen molar-refractivity contribution in [2.45, 2.75) is 12.5 Å². The van der Waals surface area contributed by atoms with E-state index in [0.29, 0.717) is 22.3 Å². The third-order valence-corrected chi connectivity index (χ3v) is 5.35. The first kappa shape index (κ1) is 17.1. The first-order valence-electron chi connectivity index (χ1n) is 8.79. The van der Waals surface area contributed by atoms with Crippen molar-refractivity contribution < 1.29 is 34.4 Å². The summed E-state index contributed by atoms with van der Waals surface area (Å²) in [5.41, 5.74) is 0.339. The van der Waals surface area contributed by atoms with Gasteiger partial charge in [-0.2, -0.15) is 0 Å². The van der Waals surface area contributed by atoms with Crippen molar-refractivity contribution in [3.05, 3.63) is 81.9 Å². The number of aryl methyl sites for hydroxylation is 1. The molecule has 3 aromatic rings. The third-order valence-electron chi connectivity index (χ3n) is 5.35. The predicted molar refractivity (Wildman–Crippen MR) is 99.7 cm³/mol. The second-order valence-electron chi connectivity index (χ2n) is 7.00. The normalized spacial score (nSPS) is 18.4. The Morgan fingerprint density at radius 2 is 1.79 bits per heavy atom. The Kier molecular flexibility index (Phi) is 3.25. The fourth-order valence-electron chi connectivity index (χ4n) is 4.28. The number of benzene rings is 3. The monoisotopic (exact) mass is 390 g/mol. The zero-order valence-corrected chi connectivity index (χ0v) is 15.1. The molecule has 5 rings (SSSR count). The summed E-state index contributed by atoms with van der Waals surface area (Å²) in [5, 5.41) is 29.9. The summed E-state index contributed by atoms with van der Waals surface area (Å²) in [6, 6.07) is 12.4. The molecule has 0 bridgehead atoms. The first-order valence-corrected chi connectivity index (χ1v) is 8.79. The van der Waals surface area contributed by atoms with Crippen LogP contribution in [0.15, 0.2) is 48.5 Å². The molecule has 2 aliphatic heterocycles. The van der Waals surface area contributed by atoms with Gasteiger partial charge >= 0.3 is 11.9 Å². The highest BCUT2D eigenvalue weighted by molar-refractivity contribution is 5.99. The van der Waals surface area contributed by atoms with Crippen LogP contribution in [0.4, 0.5) is 0 Å². The molecular formula is C22H14O7. The maximum Gasteiger partial charge on any atom is 0.343 e. The second-order valence-corrected chi connectivity index (χ2v) is 7.00. The van der Waals surface area contributed by atoms with Gasteiger partial charge in [0.25, 0.3) is 0 Å². The van der Waals surface area contributed by atoms with Crippen molar-refractivity contribution in [2.75, 3.05) is 0 Å². The van der Waals surface area contributed by atoms with Crippen LogP contribution in [0.3, 0.4) is 0 Å². The Morgan fingerprint density at radius 3 is 2.55 bits per heavy atom. The van der Waals surface area contributed by atoms with Crippen LogP contribution in [0.5, 0.6) is 23.0 Å². The van der Waals surface area contributed by atoms with Gasteiger partial charge < -0.3 is 24.8 Å². The van der Waals surface area contributed by atoms with E-state index in [9.17, 15) is 24.9 Å². The van der Waals surface area contributed by atoms with Crippen LogP contribution >= 0.6 is 0 Å². The molecule has 0 fully saturated rings. The van der Waals surface area contributed by atoms with Crippen LogP contribution < -0.4 is 4.74 Å². The number of ether oxygens (including phenoxy) is 2. The SMILES string of the molecule is Cc1cc(O)cc2c1C1(OC(=O)c3ccccc31)c1ccc(O)c(C(=O)O)c1O2. The molecule has 1 spiro atoms. The van der Waals surface area contributed by atoms with E-state index in [0.717, 1.165) is 0 Å². The van der Waals surface area contributed by atoms with Crippen molar-refractivity contribution in [3.8, 4) is 23.0 Å². The highest BCUT2D eigenvalue weighted by atomic mass is 16.6. The number of esters is 1. The smallest absolute Gasteiger partial charge is 0.343 e. The number of phenols is 2. The molecule has 0 radical (unpaired) electrons. The molecule has 3 aromatic carbocycles. The van der Waals surface area contributed by atoms with Gasteiger partial charge in [-0.3, -0.25) is 0 Å². The van der Waals surface area contributed by atoms with Gasteiger partial charge in [0.1, 0.15) is 22.8 Å². The first-order chi connectivity index (χ1) is 13.8. The summed E-state index contributed by atoms with van der Waals surface area (Å²) in [7, 11) is 0. The Bertz CT molecular complexity index is 1240. The van der Waals surface area contributed by atoms with E-state index in [4.69, 9.17) is 9.47 Å². The van der Waals surface area contributed by atoms with E-state index in [-0.39, 0.29) is 22.8 Å². The number of carboxylic acids is 1. The van der Waals surface area contributed by atoms with Crippen molar-refractivity contribution in [3.63, 3.8) is 0 Å². The average molecular weight is 390 g/mol. The number of rotatable bonds is 1. The number of carbonyl (C=O) groups excluding carboxylic acids is 1. The Morgan fingerprint density at radius 1 is 1.03 bits per heavy atom. The molecular weight excluding hydrogens is 376 g/mol. The molecule has 7 heteroatoms. The summed E-state index contributed by atoms with van der Waals surface area (Å²) < 4.78 is 11.8. The molecule has 2 aliphatic rings. The van der Waals surface area contributed by atoms with Gasteiger partial charge in [-0.25, -0.2) is 9.59 Å². The van der Waals surface area contributed by atoms with E-state index < -0.39 is 28.9 Å². The van der Waals surface area contributed by atoms with Gasteiger partial charge in [-0.15, -0.1) is 0 Å². The number of hydrogen-bond acceptors (Lipinski definition) is 6. The lowest BCUT2D eigenvalue weighted by Crippen LogP contribution is -2.34. The topological polar surface area (TPSA) is 113 Å². The van der Waals surface area contributed by atoms with E-state index in [1.807, 2.05) is 0 Å². The van der Waals surface area contributed by atoms with Crippen molar-refractivity contribution in [1.82, 2.24) is 0 Å². The number of phenolic OH excluding ortho intramolecular Hbond substituents is 1. The lowest BCUT2D eigenvalue weighted by atomic mass is 9.75. The average Bonchev–Trinajstić information content (AvgIpc) is 2.94. The maximum absolute atomic E-state index is 12.7. The molecule has 0 aromatic heterocycles. The zero-order chi connectivity index (χ0) is 20.5. The standard InChI is InChI=1S/C22H14O7/c1-10-8-11(23)9-16-18(10)22(13-5-3-2-4-12(13)21(27)29-22)14-6-7-15(24)17(20(25)26)19(14)28-16/h2-9,23-24H,1H3,(H,25,26). The molecule has 2 heterocycles. The number of carboxylic acid groups (broad SMARTS) is 1. The van der Waals surface area contributed by atoms with Gasteiger partial charge in [0.2, 0.25) is 0 Å². The van der Waals surface area contributed by atoms with E-state index in [1.165, 1.54) is 24.3 Å². The van der Waals surface area contributed by atoms with Gasteiger partial charge in [-0.05, 0) is 36.8 Å². The van der Waals surface area contributed by atoms with E-state index >= 15 is 0 Å². The molecule has 1 atom stereocenters. The molecule has 29 heavy (non-hydrogen) atoms. The van der Waals surface area contributed by atoms with E-state index in [1.54, 1.807) is 31.2 Å². The molecule has 144 valence electrons. The summed E-state index contributed by atoms with van der Waals surface area (Å²) in [6.07, 6.45) is 0. The zero-order valence-electron chi connectivity index (χ0n) is 15.1. The number of fused-ring (bicyclic) bond motifs is 6. The predicted octanol–water partition coefficient (Wildman–Crippen LogP) is 3.67. The fraction of sp³-hybridized carbons (Fsp3) is 0.0909. The Balaban J connectivity index is 1.97. The van der Waals surface area contributed by atoms with Gasteiger partial charge in [0.15, 0.2) is 11.4 Å². The summed E-state index contributed by atoms with van der Waals surface area (Å²) in [5.74, 6) is -2.52. The van der Waals surface area contributed by atoms with Crippen molar-refractivity contribution >= 4 is 11.9 Å². The molecule has 3 N–H and O–H groups in total. The van der Waals surface area contributed by atoms with Crippen LogP contribution in [-0.4, -0.2) is 27.3 Å². The Labute approximate surface area is 164 Å². The summed E-state index contributed by atoms with van der Waals surface area (Å²) >= 11 is 0. The van der Waals surface area contributed by atoms with Gasteiger partial charge in [-0.1, -0.05) is 18.2 Å². The maximum atomic E-state index is 12.7. The highest BCUT2D eigenvalue weighted by Gasteiger charge is 2.55. The van der Waals surface area contributed by atoms with E-state index in [2.05, 4.69) is 0 Å². The third kappa shape index (κ3) is 2.07. The van der Waals surface area contributed by atoms with Crippen molar-refractivity contribution in [2.24, 2.45) is 0 Å². The minimum Gasteiger partial charge on any atom is -0.508 e. The molecule has 0 saturated heterocycles. The molecule has 0 amide bonds. The van der Waals surface area contributed by atoms with Gasteiger partial charge in [0.05, 0.1) is 11.1 Å². The molecule has 0 saturated carbocycles. The lowest BCUT2D eigenvalue weighted by molar-refractivity contribution is 0.0222. The molecule has 1 unspecified atom stereocenters.